The van der Waals surface area contributed by atoms with E-state index in [9.17, 15) is 14.4 Å². The average molecular weight is 444 g/mol. The van der Waals surface area contributed by atoms with Gasteiger partial charge in [-0.05, 0) is 55.8 Å². The van der Waals surface area contributed by atoms with Crippen LogP contribution in [0.1, 0.15) is 28.4 Å². The van der Waals surface area contributed by atoms with Gasteiger partial charge in [0.2, 0.25) is 0 Å². The number of hydrazone groups is 1. The van der Waals surface area contributed by atoms with E-state index in [2.05, 4.69) is 21.2 Å². The lowest BCUT2D eigenvalue weighted by Crippen LogP contribution is -2.33. The number of aryl methyl sites for hydroxylation is 1. The molecular formula is C25H24N4O4. The third kappa shape index (κ3) is 6.76. The van der Waals surface area contributed by atoms with Gasteiger partial charge in [0.05, 0.1) is 24.1 Å². The summed E-state index contributed by atoms with van der Waals surface area (Å²) in [5, 5.41) is 9.00. The van der Waals surface area contributed by atoms with Gasteiger partial charge in [-0.25, -0.2) is 5.43 Å². The lowest BCUT2D eigenvalue weighted by atomic mass is 10.1. The molecule has 0 heterocycles. The van der Waals surface area contributed by atoms with E-state index in [4.69, 9.17) is 4.74 Å². The van der Waals surface area contributed by atoms with Gasteiger partial charge in [-0.1, -0.05) is 42.0 Å². The van der Waals surface area contributed by atoms with Crippen molar-refractivity contribution in [3.8, 4) is 5.75 Å². The Morgan fingerprint density at radius 2 is 1.58 bits per heavy atom. The summed E-state index contributed by atoms with van der Waals surface area (Å²) in [6, 6.07) is 20.8. The van der Waals surface area contributed by atoms with Gasteiger partial charge in [0, 0.05) is 5.69 Å². The molecule has 0 aliphatic carbocycles. The normalized spacial score (nSPS) is 10.5. The van der Waals surface area contributed by atoms with Crippen molar-refractivity contribution < 1.29 is 19.1 Å². The summed E-state index contributed by atoms with van der Waals surface area (Å²) in [5.41, 5.74) is 5.01. The van der Waals surface area contributed by atoms with Crippen molar-refractivity contribution in [3.63, 3.8) is 0 Å². The van der Waals surface area contributed by atoms with Crippen LogP contribution in [0.25, 0.3) is 0 Å². The average Bonchev–Trinajstić information content (AvgIpc) is 2.82. The summed E-state index contributed by atoms with van der Waals surface area (Å²) in [6.07, 6.45) is 1.43. The fourth-order valence-electron chi connectivity index (χ4n) is 2.84. The third-order valence-electron chi connectivity index (χ3n) is 4.51. The highest BCUT2D eigenvalue weighted by Crippen LogP contribution is 2.19. The second-order valence-corrected chi connectivity index (χ2v) is 7.02. The second kappa shape index (κ2) is 11.2. The minimum absolute atomic E-state index is 0.198. The van der Waals surface area contributed by atoms with Crippen molar-refractivity contribution in [1.29, 1.82) is 0 Å². The third-order valence-corrected chi connectivity index (χ3v) is 4.51. The molecule has 33 heavy (non-hydrogen) atoms. The number of rotatable bonds is 7. The molecule has 0 fully saturated rings. The highest BCUT2D eigenvalue weighted by atomic mass is 16.5. The van der Waals surface area contributed by atoms with Gasteiger partial charge < -0.3 is 15.4 Å². The summed E-state index contributed by atoms with van der Waals surface area (Å²) in [4.78, 5) is 37.1. The Bertz CT molecular complexity index is 1160. The van der Waals surface area contributed by atoms with Gasteiger partial charge in [-0.15, -0.1) is 0 Å². The number of carbonyl (C=O) groups excluding carboxylic acids is 3. The predicted octanol–water partition coefficient (Wildman–Crippen LogP) is 3.73. The van der Waals surface area contributed by atoms with E-state index in [0.29, 0.717) is 18.0 Å². The zero-order valence-electron chi connectivity index (χ0n) is 18.3. The first-order valence-electron chi connectivity index (χ1n) is 10.3. The molecular weight excluding hydrogens is 420 g/mol. The number of nitrogens with one attached hydrogen (secondary N) is 3. The Labute approximate surface area is 191 Å². The van der Waals surface area contributed by atoms with E-state index in [1.165, 1.54) is 12.3 Å². The van der Waals surface area contributed by atoms with Crippen molar-refractivity contribution in [2.75, 3.05) is 17.2 Å². The predicted molar refractivity (Wildman–Crippen MR) is 128 cm³/mol. The highest BCUT2D eigenvalue weighted by Gasteiger charge is 2.17. The number of hydrogen-bond donors (Lipinski definition) is 3. The number of carbonyl (C=O) groups is 3. The quantitative estimate of drug-likeness (QED) is 0.293. The first kappa shape index (κ1) is 23.2. The molecule has 168 valence electrons. The second-order valence-electron chi connectivity index (χ2n) is 7.02. The molecule has 8 nitrogen and oxygen atoms in total. The number of ether oxygens (including phenoxy) is 1. The van der Waals surface area contributed by atoms with Crippen LogP contribution in [0.4, 0.5) is 11.4 Å². The molecule has 0 radical (unpaired) electrons. The van der Waals surface area contributed by atoms with Crippen LogP contribution in [-0.4, -0.2) is 30.5 Å². The lowest BCUT2D eigenvalue weighted by Gasteiger charge is -2.11. The molecule has 3 aromatic rings. The largest absolute Gasteiger partial charge is 0.494 e. The Balaban J connectivity index is 1.61. The van der Waals surface area contributed by atoms with Crippen LogP contribution in [0.3, 0.4) is 0 Å². The molecule has 0 aliphatic rings. The molecule has 0 saturated carbocycles. The standard InChI is InChI=1S/C25H24N4O4/c1-3-33-20-14-12-19(13-15-20)27-23(30)21-6-4-5-7-22(21)28-24(31)25(32)29-26-16-18-10-8-17(2)9-11-18/h4-16H,3H2,1-2H3,(H,27,30)(H,28,31)(H,29,32)/b26-16-. The van der Waals surface area contributed by atoms with Crippen molar-refractivity contribution in [3.05, 3.63) is 89.5 Å². The first-order valence-corrected chi connectivity index (χ1v) is 10.3. The van der Waals surface area contributed by atoms with Crippen molar-refractivity contribution in [2.45, 2.75) is 13.8 Å². The molecule has 3 amide bonds. The Hall–Kier alpha value is -4.46. The molecule has 3 N–H and O–H groups in total. The molecule has 3 rings (SSSR count). The van der Waals surface area contributed by atoms with Gasteiger partial charge in [0.1, 0.15) is 5.75 Å². The van der Waals surface area contributed by atoms with Crippen LogP contribution in [0.2, 0.25) is 0 Å². The number of nitrogens with zero attached hydrogens (tertiary/aromatic N) is 1. The molecule has 0 bridgehead atoms. The van der Waals surface area contributed by atoms with E-state index < -0.39 is 17.7 Å². The number of benzene rings is 3. The van der Waals surface area contributed by atoms with Crippen LogP contribution in [0.5, 0.6) is 5.75 Å². The summed E-state index contributed by atoms with van der Waals surface area (Å²) in [7, 11) is 0. The summed E-state index contributed by atoms with van der Waals surface area (Å²) < 4.78 is 5.39. The lowest BCUT2D eigenvalue weighted by molar-refractivity contribution is -0.136. The number of amides is 3. The fourth-order valence-corrected chi connectivity index (χ4v) is 2.84. The van der Waals surface area contributed by atoms with Crippen LogP contribution in [-0.2, 0) is 9.59 Å². The highest BCUT2D eigenvalue weighted by molar-refractivity contribution is 6.40. The first-order chi connectivity index (χ1) is 16.0. The summed E-state index contributed by atoms with van der Waals surface area (Å²) >= 11 is 0. The summed E-state index contributed by atoms with van der Waals surface area (Å²) in [5.74, 6) is -1.65. The van der Waals surface area contributed by atoms with Gasteiger partial charge >= 0.3 is 11.8 Å². The van der Waals surface area contributed by atoms with E-state index >= 15 is 0 Å². The fraction of sp³-hybridized carbons (Fsp3) is 0.120. The van der Waals surface area contributed by atoms with E-state index in [0.717, 1.165) is 11.1 Å². The van der Waals surface area contributed by atoms with Crippen LogP contribution >= 0.6 is 0 Å². The zero-order valence-corrected chi connectivity index (χ0v) is 18.3. The van der Waals surface area contributed by atoms with Gasteiger partial charge in [0.25, 0.3) is 5.91 Å². The van der Waals surface area contributed by atoms with E-state index in [1.54, 1.807) is 42.5 Å². The molecule has 8 heteroatoms. The smallest absolute Gasteiger partial charge is 0.329 e. The maximum absolute atomic E-state index is 12.7. The molecule has 0 saturated heterocycles. The number of anilines is 2. The number of para-hydroxylation sites is 1. The molecule has 0 atom stereocenters. The molecule has 0 unspecified atom stereocenters. The molecule has 0 aromatic heterocycles. The topological polar surface area (TPSA) is 109 Å². The van der Waals surface area contributed by atoms with Crippen molar-refractivity contribution in [2.24, 2.45) is 5.10 Å². The Morgan fingerprint density at radius 1 is 0.879 bits per heavy atom. The van der Waals surface area contributed by atoms with Crippen LogP contribution in [0, 0.1) is 6.92 Å². The molecule has 0 aliphatic heterocycles. The van der Waals surface area contributed by atoms with Crippen LogP contribution < -0.4 is 20.8 Å². The zero-order chi connectivity index (χ0) is 23.6. The molecule has 0 spiro atoms. The molecule has 3 aromatic carbocycles. The SMILES string of the molecule is CCOc1ccc(NC(=O)c2ccccc2NC(=O)C(=O)N/N=C\c2ccc(C)cc2)cc1. The van der Waals surface area contributed by atoms with E-state index in [1.807, 2.05) is 38.1 Å². The minimum Gasteiger partial charge on any atom is -0.494 e. The van der Waals surface area contributed by atoms with Crippen LogP contribution in [0.15, 0.2) is 77.9 Å². The van der Waals surface area contributed by atoms with Crippen molar-refractivity contribution in [1.82, 2.24) is 5.43 Å². The maximum Gasteiger partial charge on any atom is 0.329 e. The Kier molecular flexibility index (Phi) is 7.91. The van der Waals surface area contributed by atoms with Gasteiger partial charge in [-0.2, -0.15) is 5.10 Å². The number of hydrogen-bond acceptors (Lipinski definition) is 5. The minimum atomic E-state index is -0.958. The monoisotopic (exact) mass is 444 g/mol. The van der Waals surface area contributed by atoms with Gasteiger partial charge in [0.15, 0.2) is 0 Å². The summed E-state index contributed by atoms with van der Waals surface area (Å²) in [6.45, 7) is 4.39. The van der Waals surface area contributed by atoms with Crippen molar-refractivity contribution >= 4 is 35.3 Å². The Morgan fingerprint density at radius 3 is 2.27 bits per heavy atom. The van der Waals surface area contributed by atoms with E-state index in [-0.39, 0.29) is 11.3 Å². The van der Waals surface area contributed by atoms with Gasteiger partial charge in [-0.3, -0.25) is 14.4 Å². The maximum atomic E-state index is 12.7.